The van der Waals surface area contributed by atoms with Crippen LogP contribution >= 0.6 is 23.1 Å². The third-order valence-electron chi connectivity index (χ3n) is 3.90. The molecule has 6 heteroatoms. The molecule has 0 bridgehead atoms. The van der Waals surface area contributed by atoms with Crippen LogP contribution in [0, 0.1) is 11.3 Å². The Morgan fingerprint density at radius 3 is 2.65 bits per heavy atom. The van der Waals surface area contributed by atoms with Gasteiger partial charge in [0.25, 0.3) is 0 Å². The quantitative estimate of drug-likeness (QED) is 0.477. The summed E-state index contributed by atoms with van der Waals surface area (Å²) in [5.74, 6) is 1.60. The van der Waals surface area contributed by atoms with Gasteiger partial charge in [0.1, 0.15) is 0 Å². The van der Waals surface area contributed by atoms with E-state index in [0.29, 0.717) is 5.56 Å². The third-order valence-corrected chi connectivity index (χ3v) is 5.69. The van der Waals surface area contributed by atoms with Gasteiger partial charge in [0.2, 0.25) is 5.16 Å². The summed E-state index contributed by atoms with van der Waals surface area (Å²) in [5, 5.41) is 19.3. The summed E-state index contributed by atoms with van der Waals surface area (Å²) < 4.78 is 0. The van der Waals surface area contributed by atoms with Crippen molar-refractivity contribution in [1.82, 2.24) is 15.2 Å². The number of benzene rings is 2. The van der Waals surface area contributed by atoms with Crippen LogP contribution in [0.5, 0.6) is 0 Å². The van der Waals surface area contributed by atoms with Gasteiger partial charge in [0.05, 0.1) is 16.5 Å². The first-order valence-corrected chi connectivity index (χ1v) is 9.87. The van der Waals surface area contributed by atoms with E-state index in [9.17, 15) is 5.26 Å². The maximum absolute atomic E-state index is 9.25. The van der Waals surface area contributed by atoms with Crippen molar-refractivity contribution in [2.24, 2.45) is 0 Å². The van der Waals surface area contributed by atoms with Crippen LogP contribution in [0.4, 0.5) is 0 Å². The number of rotatable bonds is 5. The first-order chi connectivity index (χ1) is 12.8. The molecule has 2 aromatic carbocycles. The van der Waals surface area contributed by atoms with Crippen LogP contribution in [0.3, 0.4) is 0 Å². The lowest BCUT2D eigenvalue weighted by atomic mass is 10.00. The highest BCUT2D eigenvalue weighted by Crippen LogP contribution is 2.27. The second-order valence-corrected chi connectivity index (χ2v) is 7.48. The maximum atomic E-state index is 9.25. The second-order valence-electron chi connectivity index (χ2n) is 5.59. The number of thioether (sulfide) groups is 1. The molecule has 0 spiro atoms. The molecule has 0 saturated heterocycles. The van der Waals surface area contributed by atoms with Gasteiger partial charge in [0.15, 0.2) is 5.82 Å². The van der Waals surface area contributed by atoms with Gasteiger partial charge in [-0.1, -0.05) is 60.3 Å². The maximum Gasteiger partial charge on any atom is 0.209 e. The molecule has 0 fully saturated rings. The molecule has 4 aromatic rings. The fourth-order valence-electron chi connectivity index (χ4n) is 2.60. The SMILES string of the molecule is N#Cc1ccccc1-c1ccc(CSc2n[nH]c(-c3cccs3)n2)cc1. The van der Waals surface area contributed by atoms with Gasteiger partial charge in [-0.3, -0.25) is 5.10 Å². The predicted octanol–water partition coefficient (Wildman–Crippen LogP) is 5.36. The fourth-order valence-corrected chi connectivity index (χ4v) is 4.01. The number of nitrogens with one attached hydrogen (secondary N) is 1. The van der Waals surface area contributed by atoms with Crippen molar-refractivity contribution in [2.75, 3.05) is 0 Å². The molecule has 0 aliphatic carbocycles. The van der Waals surface area contributed by atoms with Gasteiger partial charge in [-0.25, -0.2) is 4.98 Å². The zero-order chi connectivity index (χ0) is 17.8. The Kier molecular flexibility index (Phi) is 4.82. The number of nitrogens with zero attached hydrogens (tertiary/aromatic N) is 3. The minimum Gasteiger partial charge on any atom is -0.257 e. The van der Waals surface area contributed by atoms with E-state index in [2.05, 4.69) is 45.5 Å². The van der Waals surface area contributed by atoms with E-state index in [-0.39, 0.29) is 0 Å². The summed E-state index contributed by atoms with van der Waals surface area (Å²) in [4.78, 5) is 5.61. The molecule has 0 saturated carbocycles. The molecule has 126 valence electrons. The Morgan fingerprint density at radius 2 is 1.88 bits per heavy atom. The third kappa shape index (κ3) is 3.54. The van der Waals surface area contributed by atoms with E-state index >= 15 is 0 Å². The normalized spacial score (nSPS) is 10.6. The number of H-pyrrole nitrogens is 1. The van der Waals surface area contributed by atoms with E-state index < -0.39 is 0 Å². The van der Waals surface area contributed by atoms with Crippen molar-refractivity contribution in [3.05, 3.63) is 77.2 Å². The summed E-state index contributed by atoms with van der Waals surface area (Å²) >= 11 is 3.24. The minimum absolute atomic E-state index is 0.691. The van der Waals surface area contributed by atoms with E-state index in [1.165, 1.54) is 5.56 Å². The summed E-state index contributed by atoms with van der Waals surface area (Å²) in [6, 6.07) is 22.2. The van der Waals surface area contributed by atoms with Gasteiger partial charge in [0, 0.05) is 5.75 Å². The average Bonchev–Trinajstić information content (AvgIpc) is 3.38. The van der Waals surface area contributed by atoms with Crippen molar-refractivity contribution < 1.29 is 0 Å². The lowest BCUT2D eigenvalue weighted by Gasteiger charge is -2.05. The summed E-state index contributed by atoms with van der Waals surface area (Å²) in [5.41, 5.74) is 3.89. The molecule has 0 unspecified atom stereocenters. The molecule has 0 radical (unpaired) electrons. The second kappa shape index (κ2) is 7.56. The molecular formula is C20H14N4S2. The van der Waals surface area contributed by atoms with E-state index in [0.717, 1.165) is 32.7 Å². The number of aromatic nitrogens is 3. The van der Waals surface area contributed by atoms with Crippen LogP contribution in [0.1, 0.15) is 11.1 Å². The smallest absolute Gasteiger partial charge is 0.209 e. The highest BCUT2D eigenvalue weighted by molar-refractivity contribution is 7.98. The van der Waals surface area contributed by atoms with Crippen molar-refractivity contribution in [2.45, 2.75) is 10.9 Å². The molecule has 0 aliphatic rings. The first-order valence-electron chi connectivity index (χ1n) is 8.01. The van der Waals surface area contributed by atoms with Crippen molar-refractivity contribution in [3.63, 3.8) is 0 Å². The van der Waals surface area contributed by atoms with E-state index in [4.69, 9.17) is 0 Å². The van der Waals surface area contributed by atoms with Crippen LogP contribution in [0.15, 0.2) is 71.2 Å². The average molecular weight is 374 g/mol. The van der Waals surface area contributed by atoms with Crippen LogP contribution in [0.25, 0.3) is 21.8 Å². The molecule has 0 atom stereocenters. The van der Waals surface area contributed by atoms with Gasteiger partial charge in [-0.15, -0.1) is 16.4 Å². The van der Waals surface area contributed by atoms with E-state index in [1.54, 1.807) is 23.1 Å². The number of aromatic amines is 1. The molecule has 1 N–H and O–H groups in total. The Balaban J connectivity index is 1.44. The molecule has 4 rings (SSSR count). The van der Waals surface area contributed by atoms with E-state index in [1.807, 2.05) is 41.8 Å². The van der Waals surface area contributed by atoms with Gasteiger partial charge in [-0.2, -0.15) is 5.26 Å². The number of nitriles is 1. The van der Waals surface area contributed by atoms with Gasteiger partial charge in [-0.05, 0) is 34.2 Å². The van der Waals surface area contributed by atoms with Gasteiger partial charge >= 0.3 is 0 Å². The van der Waals surface area contributed by atoms with Crippen molar-refractivity contribution in [1.29, 1.82) is 5.26 Å². The molecule has 2 heterocycles. The lowest BCUT2D eigenvalue weighted by molar-refractivity contribution is 0.973. The standard InChI is InChI=1S/C20H14N4S2/c21-12-16-4-1-2-5-17(16)15-9-7-14(8-10-15)13-26-20-22-19(23-24-20)18-6-3-11-25-18/h1-11H,13H2,(H,22,23,24). The minimum atomic E-state index is 0.691. The zero-order valence-corrected chi connectivity index (χ0v) is 15.3. The predicted molar refractivity (Wildman–Crippen MR) is 106 cm³/mol. The van der Waals surface area contributed by atoms with Crippen molar-refractivity contribution in [3.8, 4) is 27.9 Å². The Labute approximate surface area is 159 Å². The molecule has 2 aromatic heterocycles. The Morgan fingerprint density at radius 1 is 1.04 bits per heavy atom. The Bertz CT molecular complexity index is 1040. The lowest BCUT2D eigenvalue weighted by Crippen LogP contribution is -1.86. The number of hydrogen-bond donors (Lipinski definition) is 1. The highest BCUT2D eigenvalue weighted by atomic mass is 32.2. The monoisotopic (exact) mass is 374 g/mol. The molecule has 0 amide bonds. The fraction of sp³-hybridized carbons (Fsp3) is 0.0500. The Hall–Kier alpha value is -2.88. The largest absolute Gasteiger partial charge is 0.257 e. The van der Waals surface area contributed by atoms with Crippen LogP contribution in [-0.4, -0.2) is 15.2 Å². The summed E-state index contributed by atoms with van der Waals surface area (Å²) in [6.45, 7) is 0. The number of hydrogen-bond acceptors (Lipinski definition) is 5. The molecule has 26 heavy (non-hydrogen) atoms. The summed E-state index contributed by atoms with van der Waals surface area (Å²) in [7, 11) is 0. The molecule has 4 nitrogen and oxygen atoms in total. The van der Waals surface area contributed by atoms with Crippen LogP contribution in [-0.2, 0) is 5.75 Å². The van der Waals surface area contributed by atoms with Crippen LogP contribution < -0.4 is 0 Å². The zero-order valence-electron chi connectivity index (χ0n) is 13.7. The highest BCUT2D eigenvalue weighted by Gasteiger charge is 2.08. The molecule has 0 aliphatic heterocycles. The van der Waals surface area contributed by atoms with Crippen molar-refractivity contribution >= 4 is 23.1 Å². The van der Waals surface area contributed by atoms with Crippen LogP contribution in [0.2, 0.25) is 0 Å². The number of thiophene rings is 1. The van der Waals surface area contributed by atoms with Gasteiger partial charge < -0.3 is 0 Å². The first kappa shape index (κ1) is 16.6. The molecular weight excluding hydrogens is 360 g/mol. The topological polar surface area (TPSA) is 65.4 Å². The summed E-state index contributed by atoms with van der Waals surface area (Å²) in [6.07, 6.45) is 0.